The van der Waals surface area contributed by atoms with E-state index in [4.69, 9.17) is 9.47 Å². The zero-order chi connectivity index (χ0) is 8.55. The lowest BCUT2D eigenvalue weighted by Gasteiger charge is -2.33. The average molecular weight is 170 g/mol. The minimum atomic E-state index is 0.131. The predicted molar refractivity (Wildman–Crippen MR) is 46.8 cm³/mol. The van der Waals surface area contributed by atoms with Gasteiger partial charge in [-0.3, -0.25) is 0 Å². The molecule has 0 amide bonds. The molecule has 0 N–H and O–H groups in total. The normalized spacial score (nSPS) is 41.8. The summed E-state index contributed by atoms with van der Waals surface area (Å²) >= 11 is 0. The van der Waals surface area contributed by atoms with Gasteiger partial charge in [-0.15, -0.1) is 0 Å². The molecule has 2 saturated heterocycles. The van der Waals surface area contributed by atoms with Crippen molar-refractivity contribution in [3.63, 3.8) is 0 Å². The Balaban J connectivity index is 1.92. The number of fused-ring (bicyclic) bond motifs is 1. The van der Waals surface area contributed by atoms with Crippen LogP contribution in [-0.4, -0.2) is 19.0 Å². The summed E-state index contributed by atoms with van der Waals surface area (Å²) in [6, 6.07) is 0. The summed E-state index contributed by atoms with van der Waals surface area (Å²) < 4.78 is 11.4. The molecule has 2 nitrogen and oxygen atoms in total. The smallest absolute Gasteiger partial charge is 0.160 e. The summed E-state index contributed by atoms with van der Waals surface area (Å²) in [4.78, 5) is 0. The highest BCUT2D eigenvalue weighted by Crippen LogP contribution is 2.34. The van der Waals surface area contributed by atoms with Crippen LogP contribution in [0.15, 0.2) is 0 Å². The van der Waals surface area contributed by atoms with Gasteiger partial charge in [0, 0.05) is 5.92 Å². The topological polar surface area (TPSA) is 18.5 Å². The second-order valence-electron chi connectivity index (χ2n) is 4.28. The van der Waals surface area contributed by atoms with E-state index in [2.05, 4.69) is 13.8 Å². The summed E-state index contributed by atoms with van der Waals surface area (Å²) in [7, 11) is 0. The fourth-order valence-electron chi connectivity index (χ4n) is 2.15. The highest BCUT2D eigenvalue weighted by atomic mass is 16.7. The second-order valence-corrected chi connectivity index (χ2v) is 4.28. The van der Waals surface area contributed by atoms with Gasteiger partial charge in [0.05, 0.1) is 12.7 Å². The standard InChI is InChI=1S/C10H18O2/c1-7(2)9-4-3-8-5-6-11-10(8)12-9/h7-10H,3-6H2,1-2H3. The van der Waals surface area contributed by atoms with E-state index >= 15 is 0 Å². The van der Waals surface area contributed by atoms with Gasteiger partial charge in [0.15, 0.2) is 6.29 Å². The van der Waals surface area contributed by atoms with Crippen molar-refractivity contribution < 1.29 is 9.47 Å². The number of rotatable bonds is 1. The van der Waals surface area contributed by atoms with Crippen molar-refractivity contribution in [1.82, 2.24) is 0 Å². The maximum Gasteiger partial charge on any atom is 0.160 e. The van der Waals surface area contributed by atoms with Crippen molar-refractivity contribution in [1.29, 1.82) is 0 Å². The summed E-state index contributed by atoms with van der Waals surface area (Å²) in [6.07, 6.45) is 4.29. The Hall–Kier alpha value is -0.0800. The highest BCUT2D eigenvalue weighted by molar-refractivity contribution is 4.79. The molecule has 0 radical (unpaired) electrons. The van der Waals surface area contributed by atoms with E-state index in [1.165, 1.54) is 19.3 Å². The van der Waals surface area contributed by atoms with Crippen molar-refractivity contribution in [3.8, 4) is 0 Å². The molecule has 2 aliphatic heterocycles. The molecular formula is C10H18O2. The molecule has 0 aromatic carbocycles. The van der Waals surface area contributed by atoms with Crippen molar-refractivity contribution in [2.75, 3.05) is 6.61 Å². The second kappa shape index (κ2) is 3.35. The van der Waals surface area contributed by atoms with Gasteiger partial charge in [-0.2, -0.15) is 0 Å². The van der Waals surface area contributed by atoms with Crippen LogP contribution in [0.5, 0.6) is 0 Å². The molecule has 0 aliphatic carbocycles. The number of ether oxygens (including phenoxy) is 2. The third-order valence-electron chi connectivity index (χ3n) is 3.03. The molecule has 3 atom stereocenters. The third kappa shape index (κ3) is 1.50. The first-order valence-corrected chi connectivity index (χ1v) is 5.04. The van der Waals surface area contributed by atoms with Gasteiger partial charge < -0.3 is 9.47 Å². The minimum absolute atomic E-state index is 0.131. The number of hydrogen-bond acceptors (Lipinski definition) is 2. The van der Waals surface area contributed by atoms with Crippen LogP contribution in [0.1, 0.15) is 33.1 Å². The van der Waals surface area contributed by atoms with E-state index in [-0.39, 0.29) is 6.29 Å². The maximum atomic E-state index is 5.85. The molecule has 2 heteroatoms. The minimum Gasteiger partial charge on any atom is -0.352 e. The van der Waals surface area contributed by atoms with Gasteiger partial charge >= 0.3 is 0 Å². The Morgan fingerprint density at radius 2 is 2.00 bits per heavy atom. The average Bonchev–Trinajstić information content (AvgIpc) is 2.49. The number of hydrogen-bond donors (Lipinski definition) is 0. The van der Waals surface area contributed by atoms with Crippen molar-refractivity contribution in [3.05, 3.63) is 0 Å². The highest BCUT2D eigenvalue weighted by Gasteiger charge is 2.36. The molecule has 0 saturated carbocycles. The van der Waals surface area contributed by atoms with Gasteiger partial charge in [-0.1, -0.05) is 13.8 Å². The first-order chi connectivity index (χ1) is 5.77. The fraction of sp³-hybridized carbons (Fsp3) is 1.00. The molecule has 0 spiro atoms. The van der Waals surface area contributed by atoms with Gasteiger partial charge in [0.1, 0.15) is 0 Å². The lowest BCUT2D eigenvalue weighted by molar-refractivity contribution is -0.195. The molecule has 2 aliphatic rings. The van der Waals surface area contributed by atoms with Crippen LogP contribution in [0.2, 0.25) is 0 Å². The molecule has 2 heterocycles. The van der Waals surface area contributed by atoms with Crippen LogP contribution in [0, 0.1) is 11.8 Å². The lowest BCUT2D eigenvalue weighted by atomic mass is 9.91. The molecule has 2 rings (SSSR count). The third-order valence-corrected chi connectivity index (χ3v) is 3.03. The monoisotopic (exact) mass is 170 g/mol. The van der Waals surface area contributed by atoms with E-state index in [0.29, 0.717) is 17.9 Å². The van der Waals surface area contributed by atoms with E-state index in [0.717, 1.165) is 6.61 Å². The Labute approximate surface area is 74.2 Å². The first kappa shape index (κ1) is 8.52. The van der Waals surface area contributed by atoms with Crippen LogP contribution in [0.3, 0.4) is 0 Å². The largest absolute Gasteiger partial charge is 0.352 e. The summed E-state index contributed by atoms with van der Waals surface area (Å²) in [5, 5.41) is 0. The van der Waals surface area contributed by atoms with E-state index in [1.807, 2.05) is 0 Å². The molecule has 70 valence electrons. The van der Waals surface area contributed by atoms with Crippen LogP contribution >= 0.6 is 0 Å². The molecule has 0 aromatic rings. The Morgan fingerprint density at radius 1 is 1.17 bits per heavy atom. The Kier molecular flexibility index (Phi) is 2.37. The molecule has 0 bridgehead atoms. The van der Waals surface area contributed by atoms with Crippen molar-refractivity contribution in [2.45, 2.75) is 45.5 Å². The fourth-order valence-corrected chi connectivity index (χ4v) is 2.15. The van der Waals surface area contributed by atoms with Gasteiger partial charge in [0.25, 0.3) is 0 Å². The quantitative estimate of drug-likeness (QED) is 0.600. The summed E-state index contributed by atoms with van der Waals surface area (Å²) in [6.45, 7) is 5.35. The molecule has 2 fully saturated rings. The Bertz CT molecular complexity index is 156. The van der Waals surface area contributed by atoms with Gasteiger partial charge in [0.2, 0.25) is 0 Å². The summed E-state index contributed by atoms with van der Waals surface area (Å²) in [5.41, 5.74) is 0. The van der Waals surface area contributed by atoms with Crippen LogP contribution < -0.4 is 0 Å². The lowest BCUT2D eigenvalue weighted by Crippen LogP contribution is -2.35. The van der Waals surface area contributed by atoms with E-state index in [9.17, 15) is 0 Å². The first-order valence-electron chi connectivity index (χ1n) is 5.04. The van der Waals surface area contributed by atoms with E-state index < -0.39 is 0 Å². The molecule has 0 aromatic heterocycles. The molecule has 12 heavy (non-hydrogen) atoms. The SMILES string of the molecule is CC(C)C1CCC2CCOC2O1. The van der Waals surface area contributed by atoms with Gasteiger partial charge in [-0.25, -0.2) is 0 Å². The van der Waals surface area contributed by atoms with Crippen molar-refractivity contribution >= 4 is 0 Å². The van der Waals surface area contributed by atoms with Crippen molar-refractivity contribution in [2.24, 2.45) is 11.8 Å². The van der Waals surface area contributed by atoms with Crippen LogP contribution in [0.4, 0.5) is 0 Å². The maximum absolute atomic E-state index is 5.85. The van der Waals surface area contributed by atoms with E-state index in [1.54, 1.807) is 0 Å². The molecule has 3 unspecified atom stereocenters. The van der Waals surface area contributed by atoms with Crippen LogP contribution in [0.25, 0.3) is 0 Å². The van der Waals surface area contributed by atoms with Crippen LogP contribution in [-0.2, 0) is 9.47 Å². The van der Waals surface area contributed by atoms with Gasteiger partial charge in [-0.05, 0) is 25.2 Å². The summed E-state index contributed by atoms with van der Waals surface area (Å²) in [5.74, 6) is 1.33. The predicted octanol–water partition coefficient (Wildman–Crippen LogP) is 2.18. The zero-order valence-electron chi connectivity index (χ0n) is 7.95. The Morgan fingerprint density at radius 3 is 2.75 bits per heavy atom. The zero-order valence-corrected chi connectivity index (χ0v) is 7.95. The molecular weight excluding hydrogens is 152 g/mol.